The summed E-state index contributed by atoms with van der Waals surface area (Å²) in [5.41, 5.74) is -2.12. The van der Waals surface area contributed by atoms with Gasteiger partial charge in [0.1, 0.15) is 4.21 Å². The summed E-state index contributed by atoms with van der Waals surface area (Å²) >= 11 is 0.869. The number of sulfonamides is 1. The number of hydrogen-bond donors (Lipinski definition) is 3. The van der Waals surface area contributed by atoms with Crippen LogP contribution in [0.25, 0.3) is 0 Å². The van der Waals surface area contributed by atoms with Gasteiger partial charge in [0.15, 0.2) is 0 Å². The molecule has 4 heterocycles. The lowest BCUT2D eigenvalue weighted by molar-refractivity contribution is -0.376. The Morgan fingerprint density at radius 3 is 2.24 bits per heavy atom. The van der Waals surface area contributed by atoms with Crippen LogP contribution in [0.2, 0.25) is 0 Å². The number of rotatable bonds is 6. The summed E-state index contributed by atoms with van der Waals surface area (Å²) in [6, 6.07) is 2.04. The third-order valence-corrected chi connectivity index (χ3v) is 10.5. The number of nitrogens with zero attached hydrogens (tertiary/aromatic N) is 5. The number of carbonyl (C=O) groups excluding carboxylic acids is 1. The standard InChI is InChI=1S/C22H27F6N7O4S2/c1-19(2)17(36)30-5-6-33(19)11-14-12-34(41(38,39)16-4-3-15(29)40-16)7-8-35(14)18-31-9-13(10-32-18)20(37,21(23,24)25)22(26,27)28/h3-4,9-10,14,37H,5-8,11-12,29H2,1-2H3,(H,30,36). The largest absolute Gasteiger partial charge is 0.430 e. The monoisotopic (exact) mass is 631 g/mol. The van der Waals surface area contributed by atoms with E-state index in [1.165, 1.54) is 21.3 Å². The predicted molar refractivity (Wildman–Crippen MR) is 135 cm³/mol. The fourth-order valence-corrected chi connectivity index (χ4v) is 7.44. The zero-order valence-corrected chi connectivity index (χ0v) is 23.3. The quantitative estimate of drug-likeness (QED) is 0.404. The molecule has 2 aromatic rings. The molecule has 19 heteroatoms. The van der Waals surface area contributed by atoms with Crippen molar-refractivity contribution < 1.29 is 44.7 Å². The molecule has 0 aliphatic carbocycles. The molecule has 1 amide bonds. The summed E-state index contributed by atoms with van der Waals surface area (Å²) in [6.45, 7) is 3.77. The van der Waals surface area contributed by atoms with Crippen LogP contribution in [0.15, 0.2) is 28.7 Å². The molecule has 2 fully saturated rings. The number of amides is 1. The van der Waals surface area contributed by atoms with Gasteiger partial charge in [-0.25, -0.2) is 18.4 Å². The van der Waals surface area contributed by atoms with Gasteiger partial charge in [0.2, 0.25) is 11.9 Å². The number of thiophene rings is 1. The van der Waals surface area contributed by atoms with Crippen LogP contribution in [0.3, 0.4) is 0 Å². The van der Waals surface area contributed by atoms with Crippen LogP contribution in [0.5, 0.6) is 0 Å². The van der Waals surface area contributed by atoms with Gasteiger partial charge >= 0.3 is 12.4 Å². The molecule has 1 unspecified atom stereocenters. The Kier molecular flexibility index (Phi) is 8.00. The van der Waals surface area contributed by atoms with Gasteiger partial charge in [0.25, 0.3) is 15.6 Å². The molecule has 0 aromatic carbocycles. The number of aromatic nitrogens is 2. The maximum absolute atomic E-state index is 13.3. The number of hydrogen-bond acceptors (Lipinski definition) is 10. The Morgan fingerprint density at radius 1 is 1.10 bits per heavy atom. The smallest absolute Gasteiger partial charge is 0.391 e. The van der Waals surface area contributed by atoms with Crippen molar-refractivity contribution in [3.8, 4) is 0 Å². The number of nitrogens with two attached hydrogens (primary N) is 1. The molecule has 0 radical (unpaired) electrons. The Bertz CT molecular complexity index is 1370. The highest BCUT2D eigenvalue weighted by Gasteiger charge is 2.71. The van der Waals surface area contributed by atoms with E-state index in [4.69, 9.17) is 5.73 Å². The second kappa shape index (κ2) is 10.5. The van der Waals surface area contributed by atoms with Crippen LogP contribution in [-0.2, 0) is 20.4 Å². The molecule has 0 spiro atoms. The summed E-state index contributed by atoms with van der Waals surface area (Å²) < 4.78 is 108. The van der Waals surface area contributed by atoms with E-state index in [-0.39, 0.29) is 59.6 Å². The Morgan fingerprint density at radius 2 is 1.71 bits per heavy atom. The highest BCUT2D eigenvalue weighted by atomic mass is 32.2. The molecular weight excluding hydrogens is 604 g/mol. The van der Waals surface area contributed by atoms with Gasteiger partial charge in [-0.15, -0.1) is 11.3 Å². The minimum Gasteiger partial charge on any atom is -0.391 e. The van der Waals surface area contributed by atoms with E-state index in [1.54, 1.807) is 18.7 Å². The van der Waals surface area contributed by atoms with Gasteiger partial charge in [0.05, 0.1) is 16.6 Å². The second-order valence-corrected chi connectivity index (χ2v) is 13.4. The topological polar surface area (TPSA) is 145 Å². The first-order chi connectivity index (χ1) is 18.8. The Hall–Kier alpha value is -2.74. The van der Waals surface area contributed by atoms with E-state index in [0.717, 1.165) is 11.3 Å². The summed E-state index contributed by atoms with van der Waals surface area (Å²) in [4.78, 5) is 23.2. The molecule has 228 valence electrons. The van der Waals surface area contributed by atoms with Crippen molar-refractivity contribution >= 4 is 38.2 Å². The molecule has 4 N–H and O–H groups in total. The van der Waals surface area contributed by atoms with Gasteiger partial charge in [0, 0.05) is 57.2 Å². The number of alkyl halides is 6. The average molecular weight is 632 g/mol. The first-order valence-electron chi connectivity index (χ1n) is 12.1. The molecule has 2 aliphatic rings. The number of anilines is 2. The van der Waals surface area contributed by atoms with Gasteiger partial charge < -0.3 is 21.1 Å². The molecule has 2 aliphatic heterocycles. The number of aliphatic hydroxyl groups is 1. The van der Waals surface area contributed by atoms with Gasteiger partial charge in [-0.3, -0.25) is 9.69 Å². The van der Waals surface area contributed by atoms with Gasteiger partial charge in [-0.2, -0.15) is 30.6 Å². The van der Waals surface area contributed by atoms with Crippen molar-refractivity contribution in [2.75, 3.05) is 49.9 Å². The molecule has 2 aromatic heterocycles. The number of halogens is 6. The summed E-state index contributed by atoms with van der Waals surface area (Å²) in [5.74, 6) is -0.550. The average Bonchev–Trinajstić information content (AvgIpc) is 3.32. The highest BCUT2D eigenvalue weighted by Crippen LogP contribution is 2.49. The van der Waals surface area contributed by atoms with Crippen LogP contribution in [-0.4, -0.2) is 102 Å². The number of nitrogen functional groups attached to an aromatic ring is 1. The molecule has 4 rings (SSSR count). The third-order valence-electron chi connectivity index (χ3n) is 7.22. The van der Waals surface area contributed by atoms with Crippen molar-refractivity contribution in [2.45, 2.75) is 47.6 Å². The maximum Gasteiger partial charge on any atom is 0.430 e. The molecule has 0 saturated carbocycles. The lowest BCUT2D eigenvalue weighted by atomic mass is 9.95. The van der Waals surface area contributed by atoms with Crippen LogP contribution in [0.1, 0.15) is 19.4 Å². The van der Waals surface area contributed by atoms with E-state index < -0.39 is 45.1 Å². The minimum atomic E-state index is -6.11. The van der Waals surface area contributed by atoms with Crippen LogP contribution >= 0.6 is 11.3 Å². The van der Waals surface area contributed by atoms with Crippen molar-refractivity contribution in [2.24, 2.45) is 0 Å². The van der Waals surface area contributed by atoms with Gasteiger partial charge in [-0.05, 0) is 26.0 Å². The van der Waals surface area contributed by atoms with Crippen molar-refractivity contribution in [3.05, 3.63) is 30.1 Å². The summed E-state index contributed by atoms with van der Waals surface area (Å²) in [5, 5.41) is 12.7. The molecule has 41 heavy (non-hydrogen) atoms. The zero-order valence-electron chi connectivity index (χ0n) is 21.7. The summed E-state index contributed by atoms with van der Waals surface area (Å²) in [6.07, 6.45) is -11.7. The maximum atomic E-state index is 13.3. The SMILES string of the molecule is CC1(C)C(=O)NCCN1CC1CN(S(=O)(=O)c2ccc(N)s2)CCN1c1ncc(C(O)(C(F)(F)F)C(F)(F)F)cn1. The van der Waals surface area contributed by atoms with Crippen molar-refractivity contribution in [3.63, 3.8) is 0 Å². The van der Waals surface area contributed by atoms with Crippen LogP contribution < -0.4 is 16.0 Å². The van der Waals surface area contributed by atoms with Crippen LogP contribution in [0.4, 0.5) is 37.3 Å². The molecule has 1 atom stereocenters. The van der Waals surface area contributed by atoms with E-state index in [0.29, 0.717) is 13.1 Å². The molecule has 2 saturated heterocycles. The van der Waals surface area contributed by atoms with Gasteiger partial charge in [-0.1, -0.05) is 0 Å². The molecular formula is C22H27F6N7O4S2. The summed E-state index contributed by atoms with van der Waals surface area (Å²) in [7, 11) is -4.00. The van der Waals surface area contributed by atoms with Crippen molar-refractivity contribution in [1.29, 1.82) is 0 Å². The molecule has 0 bridgehead atoms. The lowest BCUT2D eigenvalue weighted by Crippen LogP contribution is -2.66. The highest BCUT2D eigenvalue weighted by molar-refractivity contribution is 7.91. The Labute approximate surface area is 235 Å². The predicted octanol–water partition coefficient (Wildman–Crippen LogP) is 1.52. The van der Waals surface area contributed by atoms with E-state index in [9.17, 15) is 44.7 Å². The number of carbonyl (C=O) groups is 1. The first-order valence-corrected chi connectivity index (χ1v) is 14.4. The number of nitrogens with one attached hydrogen (secondary N) is 1. The number of piperazine rings is 2. The Balaban J connectivity index is 1.68. The van der Waals surface area contributed by atoms with E-state index in [2.05, 4.69) is 15.3 Å². The lowest BCUT2D eigenvalue weighted by Gasteiger charge is -2.47. The fraction of sp³-hybridized carbons (Fsp3) is 0.591. The second-order valence-electron chi connectivity index (χ2n) is 10.1. The normalized spacial score (nSPS) is 21.6. The van der Waals surface area contributed by atoms with E-state index >= 15 is 0 Å². The van der Waals surface area contributed by atoms with Crippen molar-refractivity contribution in [1.82, 2.24) is 24.5 Å². The fourth-order valence-electron chi connectivity index (χ4n) is 4.73. The third kappa shape index (κ3) is 5.56. The van der Waals surface area contributed by atoms with Crippen LogP contribution in [0, 0.1) is 0 Å². The first kappa shape index (κ1) is 31.2. The van der Waals surface area contributed by atoms with E-state index in [1.807, 2.05) is 0 Å². The molecule has 11 nitrogen and oxygen atoms in total. The minimum absolute atomic E-state index is 0.000861. The zero-order chi connectivity index (χ0) is 30.6.